The van der Waals surface area contributed by atoms with E-state index >= 15 is 0 Å². The highest BCUT2D eigenvalue weighted by molar-refractivity contribution is 5.95. The standard InChI is InChI=1S/C16H24N2O3/c1-4-5-10-21-16(20)12-6-8-13(9-7-12)18-15(19)14(17)11(2)3/h6-9,11,14H,4-5,10,17H2,1-3H3,(H,18,19)/t14-/m1/s1. The van der Waals surface area contributed by atoms with Crippen molar-refractivity contribution in [1.82, 2.24) is 0 Å². The molecule has 0 bridgehead atoms. The lowest BCUT2D eigenvalue weighted by Gasteiger charge is -2.15. The highest BCUT2D eigenvalue weighted by Gasteiger charge is 2.17. The molecule has 0 heterocycles. The van der Waals surface area contributed by atoms with Crippen molar-refractivity contribution in [3.63, 3.8) is 0 Å². The van der Waals surface area contributed by atoms with Crippen LogP contribution in [0.1, 0.15) is 44.0 Å². The molecule has 1 amide bonds. The molecule has 1 rings (SSSR count). The molecule has 5 heteroatoms. The van der Waals surface area contributed by atoms with E-state index < -0.39 is 6.04 Å². The zero-order valence-corrected chi connectivity index (χ0v) is 12.9. The first-order valence-electron chi connectivity index (χ1n) is 7.29. The SMILES string of the molecule is CCCCOC(=O)c1ccc(NC(=O)[C@H](N)C(C)C)cc1. The van der Waals surface area contributed by atoms with Crippen LogP contribution in [0.2, 0.25) is 0 Å². The zero-order valence-electron chi connectivity index (χ0n) is 12.9. The lowest BCUT2D eigenvalue weighted by Crippen LogP contribution is -2.39. The summed E-state index contributed by atoms with van der Waals surface area (Å²) in [5, 5.41) is 2.73. The number of benzene rings is 1. The largest absolute Gasteiger partial charge is 0.462 e. The number of unbranched alkanes of at least 4 members (excludes halogenated alkanes) is 1. The maximum atomic E-state index is 11.8. The number of amides is 1. The Balaban J connectivity index is 2.58. The second-order valence-electron chi connectivity index (χ2n) is 5.33. The van der Waals surface area contributed by atoms with Crippen molar-refractivity contribution in [3.05, 3.63) is 29.8 Å². The first-order chi connectivity index (χ1) is 9.95. The van der Waals surface area contributed by atoms with E-state index in [0.29, 0.717) is 17.9 Å². The average Bonchev–Trinajstić information content (AvgIpc) is 2.47. The van der Waals surface area contributed by atoms with Gasteiger partial charge >= 0.3 is 5.97 Å². The Bertz CT molecular complexity index is 469. The molecule has 0 aliphatic heterocycles. The first kappa shape index (κ1) is 17.2. The molecular weight excluding hydrogens is 268 g/mol. The van der Waals surface area contributed by atoms with Crippen LogP contribution < -0.4 is 11.1 Å². The molecule has 1 aromatic carbocycles. The summed E-state index contributed by atoms with van der Waals surface area (Å²) in [5.74, 6) is -0.513. The van der Waals surface area contributed by atoms with Gasteiger partial charge in [-0.1, -0.05) is 27.2 Å². The molecule has 0 aromatic heterocycles. The number of anilines is 1. The van der Waals surface area contributed by atoms with Gasteiger partial charge in [-0.2, -0.15) is 0 Å². The van der Waals surface area contributed by atoms with E-state index in [0.717, 1.165) is 12.8 Å². The molecule has 116 valence electrons. The molecular formula is C16H24N2O3. The average molecular weight is 292 g/mol. The van der Waals surface area contributed by atoms with Crippen molar-refractivity contribution in [2.45, 2.75) is 39.7 Å². The second kappa shape index (κ2) is 8.42. The molecule has 5 nitrogen and oxygen atoms in total. The van der Waals surface area contributed by atoms with Crippen LogP contribution in [0.15, 0.2) is 24.3 Å². The van der Waals surface area contributed by atoms with E-state index in [9.17, 15) is 9.59 Å². The molecule has 1 aromatic rings. The number of rotatable bonds is 7. The van der Waals surface area contributed by atoms with E-state index in [1.165, 1.54) is 0 Å². The number of carbonyl (C=O) groups excluding carboxylic acids is 2. The Morgan fingerprint density at radius 3 is 2.38 bits per heavy atom. The summed E-state index contributed by atoms with van der Waals surface area (Å²) in [4.78, 5) is 23.5. The van der Waals surface area contributed by atoms with Crippen LogP contribution in [-0.2, 0) is 9.53 Å². The molecule has 1 atom stereocenters. The maximum absolute atomic E-state index is 11.8. The minimum atomic E-state index is -0.552. The Morgan fingerprint density at radius 2 is 1.86 bits per heavy atom. The summed E-state index contributed by atoms with van der Waals surface area (Å²) < 4.78 is 5.11. The number of carbonyl (C=O) groups is 2. The molecule has 0 radical (unpaired) electrons. The molecule has 3 N–H and O–H groups in total. The van der Waals surface area contributed by atoms with Crippen molar-refractivity contribution in [2.75, 3.05) is 11.9 Å². The lowest BCUT2D eigenvalue weighted by molar-refractivity contribution is -0.118. The molecule has 0 saturated heterocycles. The van der Waals surface area contributed by atoms with Gasteiger partial charge in [0.25, 0.3) is 0 Å². The number of esters is 1. The molecule has 0 fully saturated rings. The summed E-state index contributed by atoms with van der Waals surface area (Å²) in [6, 6.07) is 6.04. The third kappa shape index (κ3) is 5.55. The van der Waals surface area contributed by atoms with Crippen molar-refractivity contribution in [2.24, 2.45) is 11.7 Å². The predicted molar refractivity (Wildman–Crippen MR) is 83.1 cm³/mol. The highest BCUT2D eigenvalue weighted by atomic mass is 16.5. The van der Waals surface area contributed by atoms with Crippen molar-refractivity contribution >= 4 is 17.6 Å². The fraction of sp³-hybridized carbons (Fsp3) is 0.500. The molecule has 0 saturated carbocycles. The third-order valence-corrected chi connectivity index (χ3v) is 3.14. The summed E-state index contributed by atoms with van der Waals surface area (Å²) >= 11 is 0. The van der Waals surface area contributed by atoms with E-state index in [4.69, 9.17) is 10.5 Å². The maximum Gasteiger partial charge on any atom is 0.338 e. The van der Waals surface area contributed by atoms with E-state index in [2.05, 4.69) is 5.32 Å². The fourth-order valence-electron chi connectivity index (χ4n) is 1.61. The van der Waals surface area contributed by atoms with Gasteiger partial charge in [-0.25, -0.2) is 4.79 Å². The van der Waals surface area contributed by atoms with Crippen LogP contribution in [0.25, 0.3) is 0 Å². The Kier molecular flexibility index (Phi) is 6.88. The van der Waals surface area contributed by atoms with Gasteiger partial charge < -0.3 is 15.8 Å². The minimum absolute atomic E-state index is 0.0674. The summed E-state index contributed by atoms with van der Waals surface area (Å²) in [6.07, 6.45) is 1.83. The van der Waals surface area contributed by atoms with Crippen LogP contribution in [0.5, 0.6) is 0 Å². The van der Waals surface area contributed by atoms with Crippen molar-refractivity contribution in [3.8, 4) is 0 Å². The number of ether oxygens (including phenoxy) is 1. The first-order valence-corrected chi connectivity index (χ1v) is 7.29. The van der Waals surface area contributed by atoms with Gasteiger partial charge in [0.15, 0.2) is 0 Å². The molecule has 21 heavy (non-hydrogen) atoms. The van der Waals surface area contributed by atoms with Gasteiger partial charge in [0.2, 0.25) is 5.91 Å². The zero-order chi connectivity index (χ0) is 15.8. The minimum Gasteiger partial charge on any atom is -0.462 e. The topological polar surface area (TPSA) is 81.4 Å². The number of nitrogens with one attached hydrogen (secondary N) is 1. The summed E-state index contributed by atoms with van der Waals surface area (Å²) in [6.45, 7) is 6.24. The fourth-order valence-corrected chi connectivity index (χ4v) is 1.61. The van der Waals surface area contributed by atoms with Gasteiger partial charge in [-0.3, -0.25) is 4.79 Å². The van der Waals surface area contributed by atoms with Crippen molar-refractivity contribution in [1.29, 1.82) is 0 Å². The van der Waals surface area contributed by atoms with E-state index in [-0.39, 0.29) is 17.8 Å². The van der Waals surface area contributed by atoms with Crippen LogP contribution in [0.3, 0.4) is 0 Å². The van der Waals surface area contributed by atoms with Crippen LogP contribution in [0, 0.1) is 5.92 Å². The number of nitrogens with two attached hydrogens (primary N) is 1. The van der Waals surface area contributed by atoms with Crippen LogP contribution in [-0.4, -0.2) is 24.5 Å². The van der Waals surface area contributed by atoms with Crippen LogP contribution >= 0.6 is 0 Å². The Hall–Kier alpha value is -1.88. The smallest absolute Gasteiger partial charge is 0.338 e. The number of hydrogen-bond acceptors (Lipinski definition) is 4. The Morgan fingerprint density at radius 1 is 1.24 bits per heavy atom. The molecule has 0 aliphatic rings. The van der Waals surface area contributed by atoms with Crippen molar-refractivity contribution < 1.29 is 14.3 Å². The number of hydrogen-bond donors (Lipinski definition) is 2. The quantitative estimate of drug-likeness (QED) is 0.598. The van der Waals surface area contributed by atoms with E-state index in [1.807, 2.05) is 20.8 Å². The van der Waals surface area contributed by atoms with Gasteiger partial charge in [0.1, 0.15) is 0 Å². The highest BCUT2D eigenvalue weighted by Crippen LogP contribution is 2.12. The second-order valence-corrected chi connectivity index (χ2v) is 5.33. The monoisotopic (exact) mass is 292 g/mol. The molecule has 0 spiro atoms. The third-order valence-electron chi connectivity index (χ3n) is 3.14. The normalized spacial score (nSPS) is 12.0. The lowest BCUT2D eigenvalue weighted by atomic mass is 10.0. The van der Waals surface area contributed by atoms with Gasteiger partial charge in [-0.05, 0) is 36.6 Å². The molecule has 0 unspecified atom stereocenters. The van der Waals surface area contributed by atoms with Gasteiger partial charge in [0.05, 0.1) is 18.2 Å². The predicted octanol–water partition coefficient (Wildman–Crippen LogP) is 2.57. The Labute approximate surface area is 125 Å². The van der Waals surface area contributed by atoms with Gasteiger partial charge in [-0.15, -0.1) is 0 Å². The molecule has 0 aliphatic carbocycles. The van der Waals surface area contributed by atoms with E-state index in [1.54, 1.807) is 24.3 Å². The summed E-state index contributed by atoms with van der Waals surface area (Å²) in [7, 11) is 0. The van der Waals surface area contributed by atoms with Crippen LogP contribution in [0.4, 0.5) is 5.69 Å². The summed E-state index contributed by atoms with van der Waals surface area (Å²) in [5.41, 5.74) is 6.85. The van der Waals surface area contributed by atoms with Gasteiger partial charge in [0, 0.05) is 5.69 Å².